The number of nitro benzene ring substituents is 1. The maximum atomic E-state index is 11.8. The van der Waals surface area contributed by atoms with Gasteiger partial charge < -0.3 is 10.1 Å². The maximum Gasteiger partial charge on any atom is 0.269 e. The van der Waals surface area contributed by atoms with Gasteiger partial charge in [0.15, 0.2) is 0 Å². The number of ether oxygens (including phenoxy) is 1. The molecule has 0 aliphatic rings. The molecule has 0 fully saturated rings. The van der Waals surface area contributed by atoms with E-state index in [4.69, 9.17) is 4.74 Å². The molecule has 0 bridgehead atoms. The fourth-order valence-corrected chi connectivity index (χ4v) is 1.85. The van der Waals surface area contributed by atoms with Crippen LogP contribution in [-0.4, -0.2) is 17.4 Å². The summed E-state index contributed by atoms with van der Waals surface area (Å²) in [6.07, 6.45) is 4.72. The van der Waals surface area contributed by atoms with E-state index in [1.807, 2.05) is 12.1 Å². The second kappa shape index (κ2) is 8.28. The first-order chi connectivity index (χ1) is 11.6. The van der Waals surface area contributed by atoms with E-state index in [-0.39, 0.29) is 11.6 Å². The van der Waals surface area contributed by atoms with E-state index >= 15 is 0 Å². The summed E-state index contributed by atoms with van der Waals surface area (Å²) >= 11 is 0. The molecule has 6 heteroatoms. The summed E-state index contributed by atoms with van der Waals surface area (Å²) in [6.45, 7) is 4.01. The van der Waals surface area contributed by atoms with Crippen molar-refractivity contribution in [2.24, 2.45) is 0 Å². The minimum atomic E-state index is -0.492. The molecule has 24 heavy (non-hydrogen) atoms. The van der Waals surface area contributed by atoms with Crippen molar-refractivity contribution in [3.05, 3.63) is 82.9 Å². The molecule has 0 atom stereocenters. The maximum absolute atomic E-state index is 11.8. The van der Waals surface area contributed by atoms with E-state index in [2.05, 4.69) is 11.9 Å². The van der Waals surface area contributed by atoms with Crippen molar-refractivity contribution in [2.45, 2.75) is 0 Å². The number of carbonyl (C=O) groups excluding carboxylic acids is 1. The number of nitrogens with zero attached hydrogens (tertiary/aromatic N) is 1. The zero-order valence-corrected chi connectivity index (χ0v) is 12.8. The predicted octanol–water partition coefficient (Wildman–Crippen LogP) is 3.81. The van der Waals surface area contributed by atoms with Gasteiger partial charge in [-0.1, -0.05) is 24.8 Å². The lowest BCUT2D eigenvalue weighted by Crippen LogP contribution is -2.07. The van der Waals surface area contributed by atoms with Crippen molar-refractivity contribution in [3.8, 4) is 5.75 Å². The summed E-state index contributed by atoms with van der Waals surface area (Å²) in [7, 11) is 0. The van der Waals surface area contributed by atoms with Crippen molar-refractivity contribution < 1.29 is 14.5 Å². The molecule has 0 saturated heterocycles. The average Bonchev–Trinajstić information content (AvgIpc) is 2.59. The number of rotatable bonds is 7. The van der Waals surface area contributed by atoms with Gasteiger partial charge in [0.05, 0.1) is 4.92 Å². The fourth-order valence-electron chi connectivity index (χ4n) is 1.85. The highest BCUT2D eigenvalue weighted by Crippen LogP contribution is 2.16. The second-order valence-corrected chi connectivity index (χ2v) is 4.80. The quantitative estimate of drug-likeness (QED) is 0.363. The molecule has 0 aliphatic heterocycles. The Balaban J connectivity index is 1.92. The number of nitrogens with one attached hydrogen (secondary N) is 1. The van der Waals surface area contributed by atoms with E-state index in [0.717, 1.165) is 11.3 Å². The summed E-state index contributed by atoms with van der Waals surface area (Å²) in [5.41, 5.74) is 1.31. The van der Waals surface area contributed by atoms with Crippen molar-refractivity contribution >= 4 is 23.4 Å². The van der Waals surface area contributed by atoms with Gasteiger partial charge in [-0.15, -0.1) is 0 Å². The van der Waals surface area contributed by atoms with Crippen LogP contribution in [0.25, 0.3) is 6.08 Å². The predicted molar refractivity (Wildman–Crippen MR) is 92.9 cm³/mol. The molecular weight excluding hydrogens is 308 g/mol. The number of anilines is 1. The van der Waals surface area contributed by atoms with Crippen molar-refractivity contribution in [1.29, 1.82) is 0 Å². The van der Waals surface area contributed by atoms with Gasteiger partial charge in [0.1, 0.15) is 12.4 Å². The van der Waals surface area contributed by atoms with Crippen LogP contribution in [-0.2, 0) is 4.79 Å². The third-order valence-electron chi connectivity index (χ3n) is 3.02. The number of hydrogen-bond acceptors (Lipinski definition) is 4. The number of benzene rings is 2. The summed E-state index contributed by atoms with van der Waals surface area (Å²) < 4.78 is 5.37. The Kier molecular flexibility index (Phi) is 5.85. The molecule has 0 spiro atoms. The number of hydrogen-bond donors (Lipinski definition) is 1. The molecule has 0 saturated carbocycles. The molecule has 2 aromatic rings. The van der Waals surface area contributed by atoms with E-state index in [9.17, 15) is 14.9 Å². The molecule has 0 aromatic heterocycles. The Bertz CT molecular complexity index is 750. The second-order valence-electron chi connectivity index (χ2n) is 4.80. The molecule has 1 amide bonds. The molecule has 0 unspecified atom stereocenters. The van der Waals surface area contributed by atoms with Crippen LogP contribution in [0.5, 0.6) is 5.75 Å². The molecule has 0 aliphatic carbocycles. The first-order valence-corrected chi connectivity index (χ1v) is 7.16. The molecule has 0 heterocycles. The summed E-state index contributed by atoms with van der Waals surface area (Å²) in [5, 5.41) is 13.2. The zero-order valence-electron chi connectivity index (χ0n) is 12.8. The Labute approximate surface area is 139 Å². The normalized spacial score (nSPS) is 10.3. The van der Waals surface area contributed by atoms with Crippen LogP contribution in [0.15, 0.2) is 67.3 Å². The van der Waals surface area contributed by atoms with Gasteiger partial charge in [-0.05, 0) is 35.9 Å². The minimum Gasteiger partial charge on any atom is -0.490 e. The van der Waals surface area contributed by atoms with Crippen molar-refractivity contribution in [2.75, 3.05) is 11.9 Å². The topological polar surface area (TPSA) is 81.5 Å². The van der Waals surface area contributed by atoms with E-state index in [1.54, 1.807) is 24.3 Å². The number of amides is 1. The van der Waals surface area contributed by atoms with E-state index in [1.165, 1.54) is 30.3 Å². The highest BCUT2D eigenvalue weighted by Gasteiger charge is 2.04. The lowest BCUT2D eigenvalue weighted by Gasteiger charge is -2.03. The standard InChI is InChI=1S/C18H16N2O4/c1-2-13-24-17-10-3-14(4-11-17)5-12-18(21)19-15-6-8-16(9-7-15)20(22)23/h2-12H,1,13H2,(H,19,21). The van der Waals surface area contributed by atoms with Crippen LogP contribution in [0, 0.1) is 10.1 Å². The van der Waals surface area contributed by atoms with Crippen LogP contribution in [0.3, 0.4) is 0 Å². The highest BCUT2D eigenvalue weighted by atomic mass is 16.6. The monoisotopic (exact) mass is 324 g/mol. The number of nitro groups is 1. The molecule has 6 nitrogen and oxygen atoms in total. The van der Waals surface area contributed by atoms with Gasteiger partial charge >= 0.3 is 0 Å². The zero-order chi connectivity index (χ0) is 17.4. The summed E-state index contributed by atoms with van der Waals surface area (Å²) in [4.78, 5) is 21.9. The van der Waals surface area contributed by atoms with E-state index in [0.29, 0.717) is 12.3 Å². The fraction of sp³-hybridized carbons (Fsp3) is 0.0556. The lowest BCUT2D eigenvalue weighted by atomic mass is 10.2. The van der Waals surface area contributed by atoms with E-state index < -0.39 is 4.92 Å². The lowest BCUT2D eigenvalue weighted by molar-refractivity contribution is -0.384. The van der Waals surface area contributed by atoms with Crippen LogP contribution in [0.4, 0.5) is 11.4 Å². The van der Waals surface area contributed by atoms with Crippen molar-refractivity contribution in [1.82, 2.24) is 0 Å². The van der Waals surface area contributed by atoms with Crippen LogP contribution < -0.4 is 10.1 Å². The van der Waals surface area contributed by atoms with Crippen LogP contribution >= 0.6 is 0 Å². The van der Waals surface area contributed by atoms with Gasteiger partial charge in [0, 0.05) is 23.9 Å². The first-order valence-electron chi connectivity index (χ1n) is 7.16. The van der Waals surface area contributed by atoms with Crippen LogP contribution in [0.2, 0.25) is 0 Å². The highest BCUT2D eigenvalue weighted by molar-refractivity contribution is 6.01. The SMILES string of the molecule is C=CCOc1ccc(C=CC(=O)Nc2ccc([N+](=O)[O-])cc2)cc1. The smallest absolute Gasteiger partial charge is 0.269 e. The molecular formula is C18H16N2O4. The first kappa shape index (κ1) is 17.0. The summed E-state index contributed by atoms with van der Waals surface area (Å²) in [6, 6.07) is 12.9. The van der Waals surface area contributed by atoms with Crippen LogP contribution in [0.1, 0.15) is 5.56 Å². The number of non-ortho nitro benzene ring substituents is 1. The third kappa shape index (κ3) is 5.10. The largest absolute Gasteiger partial charge is 0.490 e. The van der Waals surface area contributed by atoms with Gasteiger partial charge in [-0.3, -0.25) is 14.9 Å². The minimum absolute atomic E-state index is 0.0256. The molecule has 2 rings (SSSR count). The Morgan fingerprint density at radius 3 is 2.42 bits per heavy atom. The van der Waals surface area contributed by atoms with Crippen molar-refractivity contribution in [3.63, 3.8) is 0 Å². The number of carbonyl (C=O) groups is 1. The Hall–Kier alpha value is -3.41. The van der Waals surface area contributed by atoms with Gasteiger partial charge in [-0.2, -0.15) is 0 Å². The van der Waals surface area contributed by atoms with Gasteiger partial charge in [0.2, 0.25) is 5.91 Å². The van der Waals surface area contributed by atoms with Gasteiger partial charge in [0.25, 0.3) is 5.69 Å². The van der Waals surface area contributed by atoms with Gasteiger partial charge in [-0.25, -0.2) is 0 Å². The third-order valence-corrected chi connectivity index (χ3v) is 3.02. The molecule has 0 radical (unpaired) electrons. The average molecular weight is 324 g/mol. The Morgan fingerprint density at radius 1 is 1.17 bits per heavy atom. The Morgan fingerprint density at radius 2 is 1.83 bits per heavy atom. The molecule has 2 aromatic carbocycles. The summed E-state index contributed by atoms with van der Waals surface area (Å²) in [5.74, 6) is 0.401. The molecule has 122 valence electrons. The molecule has 1 N–H and O–H groups in total.